The van der Waals surface area contributed by atoms with Gasteiger partial charge >= 0.3 is 6.09 Å². The van der Waals surface area contributed by atoms with Crippen molar-refractivity contribution in [1.82, 2.24) is 14.8 Å². The summed E-state index contributed by atoms with van der Waals surface area (Å²) in [4.78, 5) is 31.4. The molecule has 2 amide bonds. The Hall–Kier alpha value is -3.13. The molecule has 2 aromatic rings. The van der Waals surface area contributed by atoms with Gasteiger partial charge in [-0.3, -0.25) is 9.69 Å². The van der Waals surface area contributed by atoms with Crippen LogP contribution in [0.1, 0.15) is 28.8 Å². The maximum absolute atomic E-state index is 15.4. The number of carbonyl (C=O) groups is 2. The number of hydrogen-bond acceptors (Lipinski definition) is 4. The molecule has 6 rings (SSSR count). The summed E-state index contributed by atoms with van der Waals surface area (Å²) in [6.45, 7) is 4.08. The topological polar surface area (TPSA) is 77.7 Å². The van der Waals surface area contributed by atoms with Crippen molar-refractivity contribution in [1.29, 1.82) is 0 Å². The Labute approximate surface area is 178 Å². The largest absolute Gasteiger partial charge is 0.448 e. The van der Waals surface area contributed by atoms with Gasteiger partial charge in [-0.25, -0.2) is 9.18 Å². The third kappa shape index (κ3) is 3.31. The fourth-order valence-electron chi connectivity index (χ4n) is 5.00. The molecule has 0 bridgehead atoms. The number of ether oxygens (including phenoxy) is 1. The molecule has 2 N–H and O–H groups in total. The molecule has 0 radical (unpaired) electrons. The summed E-state index contributed by atoms with van der Waals surface area (Å²) in [6, 6.07) is 5.31. The van der Waals surface area contributed by atoms with Crippen molar-refractivity contribution in [3.05, 3.63) is 52.6 Å². The standard InChI is InChI=1S/C23H23FN4O3/c24-21-14(12-28-3-4-31-23(28)30)1-2-19-20(21)18(22(29)26-19)7-17-5-13(8-25-17)9-27-10-15-6-16(15)11-27/h1-2,5,7-8,15-16,25H,3-4,6,9-12H2,(H,26,29)/t15-,16+. The van der Waals surface area contributed by atoms with Gasteiger partial charge in [-0.05, 0) is 42.0 Å². The Morgan fingerprint density at radius 2 is 2.03 bits per heavy atom. The summed E-state index contributed by atoms with van der Waals surface area (Å²) in [5.41, 5.74) is 3.28. The Kier molecular flexibility index (Phi) is 4.17. The highest BCUT2D eigenvalue weighted by Gasteiger charge is 2.44. The van der Waals surface area contributed by atoms with Crippen molar-refractivity contribution in [2.75, 3.05) is 31.6 Å². The fraction of sp³-hybridized carbons (Fsp3) is 0.391. The number of likely N-dealkylation sites (tertiary alicyclic amines) is 1. The average molecular weight is 422 g/mol. The molecule has 160 valence electrons. The minimum atomic E-state index is -0.482. The van der Waals surface area contributed by atoms with Gasteiger partial charge in [0.25, 0.3) is 5.91 Å². The molecule has 8 heteroatoms. The number of aromatic amines is 1. The van der Waals surface area contributed by atoms with Crippen molar-refractivity contribution in [2.24, 2.45) is 11.8 Å². The van der Waals surface area contributed by atoms with E-state index in [1.165, 1.54) is 24.4 Å². The monoisotopic (exact) mass is 422 g/mol. The zero-order chi connectivity index (χ0) is 21.1. The number of H-pyrrole nitrogens is 1. The van der Waals surface area contributed by atoms with Gasteiger partial charge < -0.3 is 19.9 Å². The lowest BCUT2D eigenvalue weighted by Crippen LogP contribution is -2.24. The number of amides is 2. The molecule has 4 aliphatic rings. The first-order valence-electron chi connectivity index (χ1n) is 10.7. The zero-order valence-electron chi connectivity index (χ0n) is 17.0. The van der Waals surface area contributed by atoms with Crippen LogP contribution in [0.4, 0.5) is 14.9 Å². The molecule has 2 saturated heterocycles. The van der Waals surface area contributed by atoms with Crippen LogP contribution < -0.4 is 5.32 Å². The van der Waals surface area contributed by atoms with Gasteiger partial charge in [-0.2, -0.15) is 0 Å². The smallest absolute Gasteiger partial charge is 0.410 e. The van der Waals surface area contributed by atoms with Crippen LogP contribution in [0.5, 0.6) is 0 Å². The Morgan fingerprint density at radius 1 is 1.19 bits per heavy atom. The number of nitrogens with zero attached hydrogens (tertiary/aromatic N) is 2. The molecule has 1 saturated carbocycles. The summed E-state index contributed by atoms with van der Waals surface area (Å²) in [7, 11) is 0. The van der Waals surface area contributed by atoms with E-state index < -0.39 is 11.9 Å². The van der Waals surface area contributed by atoms with Crippen molar-refractivity contribution in [2.45, 2.75) is 19.5 Å². The summed E-state index contributed by atoms with van der Waals surface area (Å²) < 4.78 is 20.3. The van der Waals surface area contributed by atoms with Crippen molar-refractivity contribution >= 4 is 29.3 Å². The van der Waals surface area contributed by atoms with Crippen LogP contribution in [-0.2, 0) is 22.6 Å². The van der Waals surface area contributed by atoms with Gasteiger partial charge in [-0.15, -0.1) is 0 Å². The number of aromatic nitrogens is 1. The SMILES string of the molecule is O=C1Nc2ccc(CN3CCOC3=O)c(F)c2C1=Cc1cc(CN2C[C@H]3C[C@H]3C2)c[nH]1. The number of fused-ring (bicyclic) bond motifs is 2. The lowest BCUT2D eigenvalue weighted by Gasteiger charge is -2.15. The van der Waals surface area contributed by atoms with Crippen LogP contribution in [0.3, 0.4) is 0 Å². The van der Waals surface area contributed by atoms with Crippen LogP contribution in [0.25, 0.3) is 11.6 Å². The zero-order valence-corrected chi connectivity index (χ0v) is 17.0. The first kappa shape index (κ1) is 18.6. The van der Waals surface area contributed by atoms with Gasteiger partial charge in [0.2, 0.25) is 0 Å². The molecule has 1 aromatic heterocycles. The second-order valence-electron chi connectivity index (χ2n) is 8.92. The van der Waals surface area contributed by atoms with Gasteiger partial charge in [0.05, 0.1) is 24.4 Å². The fourth-order valence-corrected chi connectivity index (χ4v) is 5.00. The second kappa shape index (κ2) is 6.95. The molecule has 1 aliphatic carbocycles. The predicted molar refractivity (Wildman–Crippen MR) is 112 cm³/mol. The lowest BCUT2D eigenvalue weighted by molar-refractivity contribution is -0.110. The molecule has 31 heavy (non-hydrogen) atoms. The minimum Gasteiger partial charge on any atom is -0.448 e. The Morgan fingerprint density at radius 3 is 2.81 bits per heavy atom. The van der Waals surface area contributed by atoms with E-state index in [0.717, 1.165) is 29.6 Å². The van der Waals surface area contributed by atoms with Crippen LogP contribution in [0.2, 0.25) is 0 Å². The van der Waals surface area contributed by atoms with Gasteiger partial charge in [0, 0.05) is 42.7 Å². The predicted octanol–water partition coefficient (Wildman–Crippen LogP) is 3.05. The number of carbonyl (C=O) groups excluding carboxylic acids is 2. The van der Waals surface area contributed by atoms with Gasteiger partial charge in [0.1, 0.15) is 12.4 Å². The van der Waals surface area contributed by atoms with Gasteiger partial charge in [0.15, 0.2) is 0 Å². The lowest BCUT2D eigenvalue weighted by atomic mass is 10.0. The summed E-state index contributed by atoms with van der Waals surface area (Å²) >= 11 is 0. The molecule has 3 aliphatic heterocycles. The molecule has 3 fully saturated rings. The number of benzene rings is 1. The summed E-state index contributed by atoms with van der Waals surface area (Å²) in [5, 5.41) is 2.74. The Balaban J connectivity index is 1.25. The molecular formula is C23H23FN4O3. The molecule has 0 unspecified atom stereocenters. The number of nitrogens with one attached hydrogen (secondary N) is 2. The summed E-state index contributed by atoms with van der Waals surface area (Å²) in [5.74, 6) is 0.963. The quantitative estimate of drug-likeness (QED) is 0.726. The molecule has 0 spiro atoms. The number of rotatable bonds is 5. The number of halogens is 1. The first-order chi connectivity index (χ1) is 15.0. The van der Waals surface area contributed by atoms with Gasteiger partial charge in [-0.1, -0.05) is 6.07 Å². The first-order valence-corrected chi connectivity index (χ1v) is 10.7. The molecule has 1 aromatic carbocycles. The van der Waals surface area contributed by atoms with Crippen LogP contribution >= 0.6 is 0 Å². The van der Waals surface area contributed by atoms with E-state index in [2.05, 4.69) is 15.2 Å². The van der Waals surface area contributed by atoms with E-state index in [4.69, 9.17) is 4.74 Å². The van der Waals surface area contributed by atoms with E-state index in [1.807, 2.05) is 12.3 Å². The number of cyclic esters (lactones) is 1. The highest BCUT2D eigenvalue weighted by atomic mass is 19.1. The normalized spacial score (nSPS) is 25.7. The van der Waals surface area contributed by atoms with Crippen molar-refractivity contribution < 1.29 is 18.7 Å². The van der Waals surface area contributed by atoms with Crippen molar-refractivity contribution in [3.8, 4) is 0 Å². The molecular weight excluding hydrogens is 399 g/mol. The molecule has 2 atom stereocenters. The highest BCUT2D eigenvalue weighted by molar-refractivity contribution is 6.35. The highest BCUT2D eigenvalue weighted by Crippen LogP contribution is 2.45. The van der Waals surface area contributed by atoms with E-state index in [1.54, 1.807) is 18.2 Å². The second-order valence-corrected chi connectivity index (χ2v) is 8.92. The van der Waals surface area contributed by atoms with Crippen molar-refractivity contribution in [3.63, 3.8) is 0 Å². The molecule has 7 nitrogen and oxygen atoms in total. The maximum Gasteiger partial charge on any atom is 0.410 e. The van der Waals surface area contributed by atoms with Crippen LogP contribution in [-0.4, -0.2) is 53.0 Å². The van der Waals surface area contributed by atoms with E-state index in [9.17, 15) is 9.59 Å². The maximum atomic E-state index is 15.4. The number of hydrogen-bond donors (Lipinski definition) is 2. The average Bonchev–Trinajstić information content (AvgIpc) is 3.15. The third-order valence-electron chi connectivity index (χ3n) is 6.72. The molecule has 4 heterocycles. The van der Waals surface area contributed by atoms with Crippen LogP contribution in [0.15, 0.2) is 24.4 Å². The van der Waals surface area contributed by atoms with E-state index in [-0.39, 0.29) is 23.6 Å². The van der Waals surface area contributed by atoms with E-state index in [0.29, 0.717) is 24.4 Å². The van der Waals surface area contributed by atoms with Crippen LogP contribution in [0, 0.1) is 17.7 Å². The summed E-state index contributed by atoms with van der Waals surface area (Å²) in [6.07, 6.45) is 4.58. The third-order valence-corrected chi connectivity index (χ3v) is 6.72. The number of anilines is 1. The minimum absolute atomic E-state index is 0.115. The Bertz CT molecular complexity index is 1110. The van der Waals surface area contributed by atoms with E-state index >= 15 is 4.39 Å². The number of piperidine rings is 1.